The van der Waals surface area contributed by atoms with E-state index in [9.17, 15) is 4.79 Å². The summed E-state index contributed by atoms with van der Waals surface area (Å²) in [5.41, 5.74) is -0.365. The van der Waals surface area contributed by atoms with Gasteiger partial charge in [-0.3, -0.25) is 9.69 Å². The Kier molecular flexibility index (Phi) is 5.36. The van der Waals surface area contributed by atoms with Crippen LogP contribution >= 0.6 is 0 Å². The minimum absolute atomic E-state index is 0.171. The lowest BCUT2D eigenvalue weighted by Gasteiger charge is -2.48. The van der Waals surface area contributed by atoms with Crippen LogP contribution < -0.4 is 5.32 Å². The predicted molar refractivity (Wildman–Crippen MR) is 91.8 cm³/mol. The Hall–Kier alpha value is -1.66. The van der Waals surface area contributed by atoms with Gasteiger partial charge in [-0.25, -0.2) is 4.98 Å². The van der Waals surface area contributed by atoms with Crippen molar-refractivity contribution in [1.29, 1.82) is 0 Å². The van der Waals surface area contributed by atoms with E-state index in [1.807, 2.05) is 18.2 Å². The first-order chi connectivity index (χ1) is 11.7. The molecule has 3 rings (SSSR count). The molecule has 0 amide bonds. The zero-order chi connectivity index (χ0) is 17.0. The Morgan fingerprint density at radius 2 is 2.29 bits per heavy atom. The third-order valence-corrected chi connectivity index (χ3v) is 5.45. The number of rotatable bonds is 7. The van der Waals surface area contributed by atoms with Crippen LogP contribution in [0.15, 0.2) is 24.4 Å². The lowest BCUT2D eigenvalue weighted by Crippen LogP contribution is -2.61. The first-order valence-corrected chi connectivity index (χ1v) is 8.70. The fourth-order valence-corrected chi connectivity index (χ4v) is 3.90. The fraction of sp³-hybridized carbons (Fsp3) is 0.667. The highest BCUT2D eigenvalue weighted by Crippen LogP contribution is 2.42. The van der Waals surface area contributed by atoms with E-state index in [-0.39, 0.29) is 17.6 Å². The number of nitrogens with zero attached hydrogens (tertiary/aromatic N) is 2. The normalized spacial score (nSPS) is 24.2. The second kappa shape index (κ2) is 7.49. The summed E-state index contributed by atoms with van der Waals surface area (Å²) in [7, 11) is 3.18. The number of nitrogens with one attached hydrogen (secondary N) is 1. The number of hydrogen-bond donors (Lipinski definition) is 1. The van der Waals surface area contributed by atoms with Crippen LogP contribution in [0.4, 0.5) is 5.82 Å². The van der Waals surface area contributed by atoms with Crippen LogP contribution in [-0.4, -0.2) is 61.3 Å². The van der Waals surface area contributed by atoms with Crippen LogP contribution in [0.25, 0.3) is 0 Å². The molecule has 1 aliphatic carbocycles. The third-order valence-electron chi connectivity index (χ3n) is 5.45. The van der Waals surface area contributed by atoms with E-state index < -0.39 is 0 Å². The second-order valence-corrected chi connectivity index (χ2v) is 6.79. The molecule has 0 radical (unpaired) electrons. The van der Waals surface area contributed by atoms with Gasteiger partial charge in [0.25, 0.3) is 0 Å². The first kappa shape index (κ1) is 17.2. The molecule has 1 N–H and O–H groups in total. The van der Waals surface area contributed by atoms with Crippen molar-refractivity contribution >= 4 is 11.8 Å². The van der Waals surface area contributed by atoms with E-state index in [2.05, 4.69) is 15.2 Å². The summed E-state index contributed by atoms with van der Waals surface area (Å²) in [6.07, 6.45) is 5.82. The molecule has 2 fully saturated rings. The zero-order valence-electron chi connectivity index (χ0n) is 14.5. The quantitative estimate of drug-likeness (QED) is 0.769. The van der Waals surface area contributed by atoms with Crippen LogP contribution in [0, 0.1) is 5.92 Å². The van der Waals surface area contributed by atoms with E-state index in [0.717, 1.165) is 51.1 Å². The zero-order valence-corrected chi connectivity index (χ0v) is 14.5. The molecule has 1 saturated heterocycles. The van der Waals surface area contributed by atoms with Crippen LogP contribution in [0.3, 0.4) is 0 Å². The molecule has 6 heteroatoms. The number of carbonyl (C=O) groups excluding carboxylic acids is 1. The van der Waals surface area contributed by atoms with Gasteiger partial charge in [0.05, 0.1) is 12.7 Å². The fourth-order valence-electron chi connectivity index (χ4n) is 3.90. The summed E-state index contributed by atoms with van der Waals surface area (Å²) in [5, 5.41) is 3.38. The van der Waals surface area contributed by atoms with Crippen molar-refractivity contribution < 1.29 is 14.3 Å². The van der Waals surface area contributed by atoms with E-state index in [4.69, 9.17) is 9.47 Å². The Morgan fingerprint density at radius 1 is 1.46 bits per heavy atom. The molecule has 0 aromatic carbocycles. The molecule has 24 heavy (non-hydrogen) atoms. The van der Waals surface area contributed by atoms with Crippen molar-refractivity contribution in [3.63, 3.8) is 0 Å². The third kappa shape index (κ3) is 3.39. The number of hydrogen-bond acceptors (Lipinski definition) is 6. The molecule has 1 aromatic rings. The van der Waals surface area contributed by atoms with Gasteiger partial charge < -0.3 is 14.8 Å². The lowest BCUT2D eigenvalue weighted by atomic mass is 9.73. The topological polar surface area (TPSA) is 63.7 Å². The number of pyridine rings is 1. The molecular formula is C18H27N3O3. The second-order valence-electron chi connectivity index (χ2n) is 6.79. The minimum atomic E-state index is -0.365. The predicted octanol–water partition coefficient (Wildman–Crippen LogP) is 1.93. The maximum atomic E-state index is 12.4. The Morgan fingerprint density at radius 3 is 2.88 bits per heavy atom. The van der Waals surface area contributed by atoms with Gasteiger partial charge in [-0.2, -0.15) is 0 Å². The van der Waals surface area contributed by atoms with Crippen LogP contribution in [0.2, 0.25) is 0 Å². The molecule has 6 nitrogen and oxygen atoms in total. The largest absolute Gasteiger partial charge is 0.468 e. The Balaban J connectivity index is 1.60. The van der Waals surface area contributed by atoms with Crippen molar-refractivity contribution in [1.82, 2.24) is 9.88 Å². The summed E-state index contributed by atoms with van der Waals surface area (Å²) in [4.78, 5) is 19.0. The first-order valence-electron chi connectivity index (χ1n) is 8.70. The molecule has 2 heterocycles. The lowest BCUT2D eigenvalue weighted by molar-refractivity contribution is -0.173. The number of methoxy groups -OCH3 is 2. The maximum absolute atomic E-state index is 12.4. The van der Waals surface area contributed by atoms with Crippen LogP contribution in [-0.2, 0) is 14.3 Å². The van der Waals surface area contributed by atoms with Gasteiger partial charge in [-0.1, -0.05) is 6.07 Å². The molecule has 1 aromatic heterocycles. The molecule has 132 valence electrons. The highest BCUT2D eigenvalue weighted by molar-refractivity contribution is 5.77. The van der Waals surface area contributed by atoms with Crippen molar-refractivity contribution in [2.75, 3.05) is 39.2 Å². The number of anilines is 1. The summed E-state index contributed by atoms with van der Waals surface area (Å²) in [6.45, 7) is 2.64. The van der Waals surface area contributed by atoms with Gasteiger partial charge >= 0.3 is 5.97 Å². The number of esters is 1. The van der Waals surface area contributed by atoms with Gasteiger partial charge in [0.2, 0.25) is 0 Å². The monoisotopic (exact) mass is 333 g/mol. The molecule has 0 bridgehead atoms. The average Bonchev–Trinajstić information content (AvgIpc) is 3.04. The highest BCUT2D eigenvalue weighted by atomic mass is 16.5. The number of ether oxygens (including phenoxy) is 2. The number of aromatic nitrogens is 1. The van der Waals surface area contributed by atoms with Gasteiger partial charge in [0.1, 0.15) is 11.9 Å². The summed E-state index contributed by atoms with van der Waals surface area (Å²) >= 11 is 0. The maximum Gasteiger partial charge on any atom is 0.326 e. The summed E-state index contributed by atoms with van der Waals surface area (Å²) in [6, 6.07) is 5.56. The highest BCUT2D eigenvalue weighted by Gasteiger charge is 2.52. The molecule has 2 atom stereocenters. The molecule has 0 unspecified atom stereocenters. The molecular weight excluding hydrogens is 306 g/mol. The van der Waals surface area contributed by atoms with Crippen molar-refractivity contribution in [2.45, 2.75) is 37.3 Å². The molecule has 1 saturated carbocycles. The average molecular weight is 333 g/mol. The Labute approximate surface area is 143 Å². The smallest absolute Gasteiger partial charge is 0.326 e. The SMILES string of the molecule is COC(=O)[C@H](N1CC[C@H](CNc2ccccn2)C1)C1(OC)CCC1. The van der Waals surface area contributed by atoms with Crippen molar-refractivity contribution in [2.24, 2.45) is 5.92 Å². The number of likely N-dealkylation sites (tertiary alicyclic amines) is 1. The van der Waals surface area contributed by atoms with Crippen LogP contribution in [0.1, 0.15) is 25.7 Å². The number of carbonyl (C=O) groups is 1. The van der Waals surface area contributed by atoms with E-state index in [0.29, 0.717) is 5.92 Å². The van der Waals surface area contributed by atoms with Gasteiger partial charge in [0.15, 0.2) is 0 Å². The van der Waals surface area contributed by atoms with E-state index in [1.165, 1.54) is 7.11 Å². The van der Waals surface area contributed by atoms with E-state index >= 15 is 0 Å². The summed E-state index contributed by atoms with van der Waals surface area (Å²) in [5.74, 6) is 1.22. The molecule has 1 aliphatic heterocycles. The van der Waals surface area contributed by atoms with Gasteiger partial charge in [-0.15, -0.1) is 0 Å². The Bertz CT molecular complexity index is 542. The van der Waals surface area contributed by atoms with Gasteiger partial charge in [-0.05, 0) is 50.3 Å². The molecule has 2 aliphatic rings. The van der Waals surface area contributed by atoms with Gasteiger partial charge in [0, 0.05) is 26.4 Å². The molecule has 0 spiro atoms. The van der Waals surface area contributed by atoms with E-state index in [1.54, 1.807) is 13.3 Å². The van der Waals surface area contributed by atoms with Crippen LogP contribution in [0.5, 0.6) is 0 Å². The van der Waals surface area contributed by atoms with Crippen molar-refractivity contribution in [3.8, 4) is 0 Å². The summed E-state index contributed by atoms with van der Waals surface area (Å²) < 4.78 is 10.9. The minimum Gasteiger partial charge on any atom is -0.468 e. The standard InChI is InChI=1S/C18H27N3O3/c1-23-17(22)16(18(24-2)8-5-9-18)21-11-7-14(13-21)12-20-15-6-3-4-10-19-15/h3-4,6,10,14,16H,5,7-9,11-13H2,1-2H3,(H,19,20)/t14-,16+/m1/s1. The van der Waals surface area contributed by atoms with Crippen molar-refractivity contribution in [3.05, 3.63) is 24.4 Å².